The number of alkyl halides is 3. The van der Waals surface area contributed by atoms with Gasteiger partial charge in [0, 0.05) is 6.04 Å². The van der Waals surface area contributed by atoms with E-state index in [1.165, 1.54) is 19.1 Å². The van der Waals surface area contributed by atoms with Crippen LogP contribution >= 0.6 is 0 Å². The van der Waals surface area contributed by atoms with Crippen molar-refractivity contribution in [2.75, 3.05) is 0 Å². The molecule has 0 aromatic heterocycles. The number of carbonyl (C=O) groups is 1. The molecule has 0 aliphatic carbocycles. The Kier molecular flexibility index (Phi) is 4.72. The second-order valence-corrected chi connectivity index (χ2v) is 4.01. The first kappa shape index (κ1) is 14.5. The van der Waals surface area contributed by atoms with E-state index in [4.69, 9.17) is 5.11 Å². The maximum atomic E-state index is 12.5. The molecule has 2 atom stereocenters. The zero-order chi connectivity index (χ0) is 13.8. The summed E-state index contributed by atoms with van der Waals surface area (Å²) < 4.78 is 37.4. The summed E-state index contributed by atoms with van der Waals surface area (Å²) in [5.74, 6) is -1.18. The van der Waals surface area contributed by atoms with E-state index >= 15 is 0 Å². The molecule has 18 heavy (non-hydrogen) atoms. The van der Waals surface area contributed by atoms with Crippen molar-refractivity contribution in [2.24, 2.45) is 0 Å². The third kappa shape index (κ3) is 4.75. The molecule has 0 heterocycles. The summed E-state index contributed by atoms with van der Waals surface area (Å²) in [6.45, 7) is 1.31. The Hall–Kier alpha value is -1.56. The van der Waals surface area contributed by atoms with Crippen LogP contribution in [0.3, 0.4) is 0 Å². The van der Waals surface area contributed by atoms with Gasteiger partial charge in [-0.3, -0.25) is 10.1 Å². The van der Waals surface area contributed by atoms with Crippen molar-refractivity contribution in [3.05, 3.63) is 35.9 Å². The predicted octanol–water partition coefficient (Wildman–Crippen LogP) is 2.74. The predicted molar refractivity (Wildman–Crippen MR) is 60.1 cm³/mol. The van der Waals surface area contributed by atoms with Crippen LogP contribution in [0.1, 0.15) is 24.9 Å². The molecule has 2 unspecified atom stereocenters. The molecule has 0 radical (unpaired) electrons. The van der Waals surface area contributed by atoms with Gasteiger partial charge in [0.05, 0.1) is 6.42 Å². The van der Waals surface area contributed by atoms with E-state index in [1.807, 2.05) is 0 Å². The Balaban J connectivity index is 2.86. The summed E-state index contributed by atoms with van der Waals surface area (Å²) in [7, 11) is 0. The zero-order valence-corrected chi connectivity index (χ0v) is 9.74. The Morgan fingerprint density at radius 3 is 2.33 bits per heavy atom. The van der Waals surface area contributed by atoms with Gasteiger partial charge >= 0.3 is 12.1 Å². The largest absolute Gasteiger partial charge is 0.480 e. The van der Waals surface area contributed by atoms with E-state index in [2.05, 4.69) is 5.32 Å². The van der Waals surface area contributed by atoms with Crippen LogP contribution in [0, 0.1) is 0 Å². The van der Waals surface area contributed by atoms with Crippen LogP contribution in [-0.4, -0.2) is 23.3 Å². The van der Waals surface area contributed by atoms with Gasteiger partial charge in [-0.05, 0) is 12.5 Å². The molecule has 0 aliphatic rings. The van der Waals surface area contributed by atoms with Crippen molar-refractivity contribution >= 4 is 5.97 Å². The van der Waals surface area contributed by atoms with E-state index in [1.54, 1.807) is 18.2 Å². The Labute approximate surface area is 103 Å². The number of aliphatic carboxylic acids is 1. The molecule has 0 saturated carbocycles. The van der Waals surface area contributed by atoms with Crippen molar-refractivity contribution in [3.8, 4) is 0 Å². The van der Waals surface area contributed by atoms with Gasteiger partial charge in [0.15, 0.2) is 0 Å². The molecule has 3 nitrogen and oxygen atoms in total. The molecular formula is C12H14F3NO2. The molecule has 1 aromatic carbocycles. The van der Waals surface area contributed by atoms with E-state index in [-0.39, 0.29) is 0 Å². The maximum absolute atomic E-state index is 12.5. The van der Waals surface area contributed by atoms with E-state index < -0.39 is 30.7 Å². The first-order valence-electron chi connectivity index (χ1n) is 5.40. The number of carboxylic acids is 1. The highest BCUT2D eigenvalue weighted by Gasteiger charge is 2.33. The third-order valence-corrected chi connectivity index (χ3v) is 2.46. The Morgan fingerprint density at radius 2 is 1.89 bits per heavy atom. The van der Waals surface area contributed by atoms with Crippen LogP contribution in [0.25, 0.3) is 0 Å². The fraction of sp³-hybridized carbons (Fsp3) is 0.417. The lowest BCUT2D eigenvalue weighted by molar-refractivity contribution is -0.146. The van der Waals surface area contributed by atoms with Gasteiger partial charge in [-0.1, -0.05) is 30.3 Å². The monoisotopic (exact) mass is 261 g/mol. The number of hydrogen-bond acceptors (Lipinski definition) is 2. The minimum atomic E-state index is -4.36. The summed E-state index contributed by atoms with van der Waals surface area (Å²) in [6, 6.07) is 5.90. The van der Waals surface area contributed by atoms with Crippen LogP contribution in [0.15, 0.2) is 30.3 Å². The molecule has 100 valence electrons. The first-order valence-corrected chi connectivity index (χ1v) is 5.40. The normalized spacial score (nSPS) is 15.1. The molecule has 0 aliphatic heterocycles. The SMILES string of the molecule is CC(NC(CC(F)(F)F)c1ccccc1)C(=O)O. The first-order chi connectivity index (χ1) is 8.29. The lowest BCUT2D eigenvalue weighted by Gasteiger charge is -2.22. The zero-order valence-electron chi connectivity index (χ0n) is 9.74. The van der Waals surface area contributed by atoms with Gasteiger partial charge in [-0.2, -0.15) is 13.2 Å². The molecular weight excluding hydrogens is 247 g/mol. The van der Waals surface area contributed by atoms with Gasteiger partial charge in [-0.25, -0.2) is 0 Å². The number of carboxylic acid groups (broad SMARTS) is 1. The van der Waals surface area contributed by atoms with Crippen molar-refractivity contribution in [1.29, 1.82) is 0 Å². The quantitative estimate of drug-likeness (QED) is 0.856. The highest BCUT2D eigenvalue weighted by atomic mass is 19.4. The number of nitrogens with one attached hydrogen (secondary N) is 1. The van der Waals surface area contributed by atoms with Gasteiger partial charge in [0.1, 0.15) is 6.04 Å². The summed E-state index contributed by atoms with van der Waals surface area (Å²) in [4.78, 5) is 10.7. The van der Waals surface area contributed by atoms with Crippen molar-refractivity contribution < 1.29 is 23.1 Å². The third-order valence-electron chi connectivity index (χ3n) is 2.46. The van der Waals surface area contributed by atoms with E-state index in [9.17, 15) is 18.0 Å². The average Bonchev–Trinajstić information content (AvgIpc) is 2.27. The number of halogens is 3. The van der Waals surface area contributed by atoms with E-state index in [0.29, 0.717) is 5.56 Å². The van der Waals surface area contributed by atoms with Crippen LogP contribution in [0.5, 0.6) is 0 Å². The van der Waals surface area contributed by atoms with E-state index in [0.717, 1.165) is 0 Å². The van der Waals surface area contributed by atoms with Crippen LogP contribution < -0.4 is 5.32 Å². The fourth-order valence-electron chi connectivity index (χ4n) is 1.56. The van der Waals surface area contributed by atoms with Gasteiger partial charge in [0.2, 0.25) is 0 Å². The minimum Gasteiger partial charge on any atom is -0.480 e. The molecule has 2 N–H and O–H groups in total. The number of benzene rings is 1. The lowest BCUT2D eigenvalue weighted by Crippen LogP contribution is -2.38. The highest BCUT2D eigenvalue weighted by Crippen LogP contribution is 2.29. The summed E-state index contributed by atoms with van der Waals surface area (Å²) in [5, 5.41) is 11.2. The smallest absolute Gasteiger partial charge is 0.390 e. The summed E-state index contributed by atoms with van der Waals surface area (Å²) in [6.07, 6.45) is -5.46. The Bertz CT molecular complexity index is 392. The molecule has 0 amide bonds. The van der Waals surface area contributed by atoms with Gasteiger partial charge < -0.3 is 5.11 Å². The highest BCUT2D eigenvalue weighted by molar-refractivity contribution is 5.72. The second-order valence-electron chi connectivity index (χ2n) is 4.01. The van der Waals surface area contributed by atoms with Crippen LogP contribution in [0.2, 0.25) is 0 Å². The maximum Gasteiger partial charge on any atom is 0.390 e. The average molecular weight is 261 g/mol. The molecule has 0 bridgehead atoms. The Morgan fingerprint density at radius 1 is 1.33 bits per heavy atom. The topological polar surface area (TPSA) is 49.3 Å². The van der Waals surface area contributed by atoms with Crippen LogP contribution in [-0.2, 0) is 4.79 Å². The van der Waals surface area contributed by atoms with Crippen molar-refractivity contribution in [1.82, 2.24) is 5.32 Å². The molecule has 0 fully saturated rings. The minimum absolute atomic E-state index is 0.419. The fourth-order valence-corrected chi connectivity index (χ4v) is 1.56. The lowest BCUT2D eigenvalue weighted by atomic mass is 10.0. The van der Waals surface area contributed by atoms with Crippen molar-refractivity contribution in [3.63, 3.8) is 0 Å². The number of rotatable bonds is 5. The summed E-state index contributed by atoms with van der Waals surface area (Å²) in [5.41, 5.74) is 0.419. The summed E-state index contributed by atoms with van der Waals surface area (Å²) >= 11 is 0. The molecule has 6 heteroatoms. The van der Waals surface area contributed by atoms with Gasteiger partial charge in [0.25, 0.3) is 0 Å². The molecule has 0 saturated heterocycles. The second kappa shape index (κ2) is 5.86. The molecule has 1 rings (SSSR count). The standard InChI is InChI=1S/C12H14F3NO2/c1-8(11(17)18)16-10(7-12(13,14)15)9-5-3-2-4-6-9/h2-6,8,10,16H,7H2,1H3,(H,17,18). The van der Waals surface area contributed by atoms with Crippen LogP contribution in [0.4, 0.5) is 13.2 Å². The molecule has 1 aromatic rings. The molecule has 0 spiro atoms. The van der Waals surface area contributed by atoms with Crippen molar-refractivity contribution in [2.45, 2.75) is 31.6 Å². The number of hydrogen-bond donors (Lipinski definition) is 2. The van der Waals surface area contributed by atoms with Gasteiger partial charge in [-0.15, -0.1) is 0 Å².